The number of hydrogen-bond acceptors (Lipinski definition) is 4. The van der Waals surface area contributed by atoms with Gasteiger partial charge in [-0.2, -0.15) is 0 Å². The lowest BCUT2D eigenvalue weighted by Gasteiger charge is -2.29. The highest BCUT2D eigenvalue weighted by Crippen LogP contribution is 2.30. The Kier molecular flexibility index (Phi) is 6.70. The summed E-state index contributed by atoms with van der Waals surface area (Å²) in [6, 6.07) is 21.3. The van der Waals surface area contributed by atoms with Gasteiger partial charge >= 0.3 is 0 Å². The molecule has 0 saturated carbocycles. The van der Waals surface area contributed by atoms with E-state index in [2.05, 4.69) is 11.4 Å². The Bertz CT molecular complexity index is 1220. The lowest BCUT2D eigenvalue weighted by molar-refractivity contribution is -0.120. The van der Waals surface area contributed by atoms with Crippen LogP contribution in [-0.4, -0.2) is 28.0 Å². The molecule has 0 spiro atoms. The van der Waals surface area contributed by atoms with Gasteiger partial charge in [-0.3, -0.25) is 9.10 Å². The fraction of sp³-hybridized carbons (Fsp3) is 0.269. The van der Waals surface area contributed by atoms with E-state index >= 15 is 0 Å². The van der Waals surface area contributed by atoms with Gasteiger partial charge < -0.3 is 10.1 Å². The van der Waals surface area contributed by atoms with Crippen LogP contribution in [0.15, 0.2) is 77.7 Å². The van der Waals surface area contributed by atoms with E-state index < -0.39 is 10.0 Å². The van der Waals surface area contributed by atoms with Crippen LogP contribution in [0.25, 0.3) is 0 Å². The summed E-state index contributed by atoms with van der Waals surface area (Å²) in [6.45, 7) is 1.62. The zero-order valence-corrected chi connectivity index (χ0v) is 19.6. The van der Waals surface area contributed by atoms with E-state index in [1.807, 2.05) is 37.3 Å². The van der Waals surface area contributed by atoms with Crippen molar-refractivity contribution in [2.45, 2.75) is 37.1 Å². The van der Waals surface area contributed by atoms with Crippen molar-refractivity contribution in [2.75, 3.05) is 18.0 Å². The monoisotopic (exact) mass is 464 g/mol. The van der Waals surface area contributed by atoms with E-state index in [0.29, 0.717) is 11.4 Å². The standard InChI is InChI=1S/C26H28N2O4S/c1-19-10-12-21(13-11-19)28(33(30,31)23-16-14-22(32-2)15-17-23)18-26(29)27-25-9-5-7-20-6-3-4-8-24(20)25/h3-4,6,8,10-17,25H,5,7,9,18H2,1-2H3,(H,27,29)/t25-/m0/s1. The van der Waals surface area contributed by atoms with Crippen LogP contribution in [0.2, 0.25) is 0 Å². The van der Waals surface area contributed by atoms with Crippen molar-refractivity contribution in [3.63, 3.8) is 0 Å². The second kappa shape index (κ2) is 9.67. The summed E-state index contributed by atoms with van der Waals surface area (Å²) in [6.07, 6.45) is 2.80. The Balaban J connectivity index is 1.61. The Morgan fingerprint density at radius 3 is 2.42 bits per heavy atom. The molecule has 0 aromatic heterocycles. The number of aryl methyl sites for hydroxylation is 2. The van der Waals surface area contributed by atoms with Gasteiger partial charge in [-0.05, 0) is 73.7 Å². The third-order valence-corrected chi connectivity index (χ3v) is 7.75. The molecule has 1 aliphatic carbocycles. The Morgan fingerprint density at radius 2 is 1.73 bits per heavy atom. The molecular formula is C26H28N2O4S. The molecule has 1 atom stereocenters. The highest BCUT2D eigenvalue weighted by atomic mass is 32.2. The molecule has 6 nitrogen and oxygen atoms in total. The van der Waals surface area contributed by atoms with E-state index in [0.717, 1.165) is 34.7 Å². The average Bonchev–Trinajstić information content (AvgIpc) is 2.83. The van der Waals surface area contributed by atoms with Crippen LogP contribution in [0.5, 0.6) is 5.75 Å². The van der Waals surface area contributed by atoms with Crippen molar-refractivity contribution in [2.24, 2.45) is 0 Å². The first-order chi connectivity index (χ1) is 15.9. The van der Waals surface area contributed by atoms with Crippen LogP contribution in [0.3, 0.4) is 0 Å². The molecule has 1 aliphatic rings. The molecule has 33 heavy (non-hydrogen) atoms. The normalized spacial score (nSPS) is 15.4. The van der Waals surface area contributed by atoms with Crippen LogP contribution >= 0.6 is 0 Å². The molecule has 0 radical (unpaired) electrons. The number of hydrogen-bond donors (Lipinski definition) is 1. The highest BCUT2D eigenvalue weighted by Gasteiger charge is 2.29. The fourth-order valence-electron chi connectivity index (χ4n) is 4.18. The molecule has 172 valence electrons. The van der Waals surface area contributed by atoms with Crippen molar-refractivity contribution >= 4 is 21.6 Å². The molecule has 7 heteroatoms. The van der Waals surface area contributed by atoms with Gasteiger partial charge in [-0.1, -0.05) is 42.0 Å². The van der Waals surface area contributed by atoms with E-state index in [-0.39, 0.29) is 23.4 Å². The lowest BCUT2D eigenvalue weighted by atomic mass is 9.88. The number of sulfonamides is 1. The summed E-state index contributed by atoms with van der Waals surface area (Å²) >= 11 is 0. The predicted octanol–water partition coefficient (Wildman–Crippen LogP) is 4.39. The van der Waals surface area contributed by atoms with Crippen LogP contribution in [-0.2, 0) is 21.2 Å². The minimum Gasteiger partial charge on any atom is -0.497 e. The molecule has 3 aromatic carbocycles. The Hall–Kier alpha value is -3.32. The molecule has 0 saturated heterocycles. The number of nitrogens with zero attached hydrogens (tertiary/aromatic N) is 1. The second-order valence-electron chi connectivity index (χ2n) is 8.23. The summed E-state index contributed by atoms with van der Waals surface area (Å²) in [5.41, 5.74) is 3.78. The third-order valence-electron chi connectivity index (χ3n) is 5.96. The van der Waals surface area contributed by atoms with Gasteiger partial charge in [-0.25, -0.2) is 8.42 Å². The van der Waals surface area contributed by atoms with Gasteiger partial charge in [0, 0.05) is 0 Å². The summed E-state index contributed by atoms with van der Waals surface area (Å²) in [4.78, 5) is 13.2. The second-order valence-corrected chi connectivity index (χ2v) is 10.1. The Labute approximate surface area is 195 Å². The van der Waals surface area contributed by atoms with E-state index in [4.69, 9.17) is 4.74 Å². The molecule has 0 unspecified atom stereocenters. The van der Waals surface area contributed by atoms with Crippen molar-refractivity contribution in [1.82, 2.24) is 5.32 Å². The fourth-order valence-corrected chi connectivity index (χ4v) is 5.60. The van der Waals surface area contributed by atoms with Gasteiger partial charge in [0.1, 0.15) is 12.3 Å². The zero-order chi connectivity index (χ0) is 23.4. The van der Waals surface area contributed by atoms with E-state index in [1.54, 1.807) is 24.3 Å². The first kappa shape index (κ1) is 22.9. The maximum Gasteiger partial charge on any atom is 0.264 e. The number of benzene rings is 3. The number of carbonyl (C=O) groups is 1. The van der Waals surface area contributed by atoms with Gasteiger partial charge in [-0.15, -0.1) is 0 Å². The zero-order valence-electron chi connectivity index (χ0n) is 18.8. The third kappa shape index (κ3) is 5.03. The summed E-state index contributed by atoms with van der Waals surface area (Å²) in [7, 11) is -2.45. The number of nitrogens with one attached hydrogen (secondary N) is 1. The summed E-state index contributed by atoms with van der Waals surface area (Å²) < 4.78 is 33.4. The molecule has 3 aromatic rings. The van der Waals surface area contributed by atoms with Crippen LogP contribution < -0.4 is 14.4 Å². The minimum absolute atomic E-state index is 0.0969. The van der Waals surface area contributed by atoms with Gasteiger partial charge in [0.2, 0.25) is 5.91 Å². The van der Waals surface area contributed by atoms with Gasteiger partial charge in [0.25, 0.3) is 10.0 Å². The molecule has 0 bridgehead atoms. The molecule has 0 fully saturated rings. The highest BCUT2D eigenvalue weighted by molar-refractivity contribution is 7.92. The van der Waals surface area contributed by atoms with E-state index in [1.165, 1.54) is 24.8 Å². The smallest absolute Gasteiger partial charge is 0.264 e. The van der Waals surface area contributed by atoms with Crippen LogP contribution in [0.4, 0.5) is 5.69 Å². The number of methoxy groups -OCH3 is 1. The number of fused-ring (bicyclic) bond motifs is 1. The molecule has 4 rings (SSSR count). The number of rotatable bonds is 7. The maximum atomic E-state index is 13.5. The van der Waals surface area contributed by atoms with Crippen LogP contribution in [0, 0.1) is 6.92 Å². The quantitative estimate of drug-likeness (QED) is 0.563. The topological polar surface area (TPSA) is 75.7 Å². The number of amides is 1. The average molecular weight is 465 g/mol. The maximum absolute atomic E-state index is 13.5. The van der Waals surface area contributed by atoms with Crippen molar-refractivity contribution < 1.29 is 17.9 Å². The van der Waals surface area contributed by atoms with E-state index in [9.17, 15) is 13.2 Å². The molecular weight excluding hydrogens is 436 g/mol. The lowest BCUT2D eigenvalue weighted by Crippen LogP contribution is -2.42. The first-order valence-corrected chi connectivity index (χ1v) is 12.4. The van der Waals surface area contributed by atoms with Crippen LogP contribution in [0.1, 0.15) is 35.6 Å². The number of carbonyl (C=O) groups excluding carboxylic acids is 1. The van der Waals surface area contributed by atoms with Crippen molar-refractivity contribution in [3.8, 4) is 5.75 Å². The number of ether oxygens (including phenoxy) is 1. The SMILES string of the molecule is COc1ccc(S(=O)(=O)N(CC(=O)N[C@H]2CCCc3ccccc32)c2ccc(C)cc2)cc1. The first-order valence-electron chi connectivity index (χ1n) is 11.0. The largest absolute Gasteiger partial charge is 0.497 e. The predicted molar refractivity (Wildman–Crippen MR) is 129 cm³/mol. The molecule has 1 amide bonds. The van der Waals surface area contributed by atoms with Crippen molar-refractivity contribution in [1.29, 1.82) is 0 Å². The molecule has 1 N–H and O–H groups in total. The van der Waals surface area contributed by atoms with Gasteiger partial charge in [0.05, 0.1) is 23.7 Å². The molecule has 0 heterocycles. The Morgan fingerprint density at radius 1 is 1.03 bits per heavy atom. The number of anilines is 1. The van der Waals surface area contributed by atoms with Gasteiger partial charge in [0.15, 0.2) is 0 Å². The van der Waals surface area contributed by atoms with Crippen molar-refractivity contribution in [3.05, 3.63) is 89.5 Å². The summed E-state index contributed by atoms with van der Waals surface area (Å²) in [5, 5.41) is 3.06. The molecule has 0 aliphatic heterocycles. The minimum atomic E-state index is -3.97. The summed E-state index contributed by atoms with van der Waals surface area (Å²) in [5.74, 6) is 0.221.